The molecule has 2 aromatic heterocycles. The third kappa shape index (κ3) is 4.04. The fraction of sp³-hybridized carbons (Fsp3) is 0.300. The Labute approximate surface area is 172 Å². The van der Waals surface area contributed by atoms with Crippen molar-refractivity contribution < 1.29 is 14.0 Å². The topological polar surface area (TPSA) is 93.3 Å². The molecular formula is C20H21N5O3S. The summed E-state index contributed by atoms with van der Waals surface area (Å²) in [5.74, 6) is 1.43. The first-order valence-electron chi connectivity index (χ1n) is 9.32. The molecule has 0 fully saturated rings. The Morgan fingerprint density at radius 3 is 2.83 bits per heavy atom. The average Bonchev–Trinajstić information content (AvgIpc) is 3.35. The minimum absolute atomic E-state index is 0.00668. The van der Waals surface area contributed by atoms with Gasteiger partial charge in [0, 0.05) is 6.54 Å². The van der Waals surface area contributed by atoms with E-state index in [1.54, 1.807) is 18.4 Å². The molecule has 2 amide bonds. The third-order valence-electron chi connectivity index (χ3n) is 4.40. The minimum Gasteiger partial charge on any atom is -0.461 e. The molecule has 0 unspecified atom stereocenters. The van der Waals surface area contributed by atoms with E-state index in [0.29, 0.717) is 40.6 Å². The van der Waals surface area contributed by atoms with Crippen LogP contribution in [0.2, 0.25) is 0 Å². The highest BCUT2D eigenvalue weighted by atomic mass is 32.2. The van der Waals surface area contributed by atoms with Crippen LogP contribution in [0, 0.1) is 5.92 Å². The molecule has 1 aliphatic rings. The summed E-state index contributed by atoms with van der Waals surface area (Å²) in [5.41, 5.74) is 1.35. The second-order valence-electron chi connectivity index (χ2n) is 7.12. The molecule has 8 nitrogen and oxygen atoms in total. The van der Waals surface area contributed by atoms with Crippen LogP contribution in [0.5, 0.6) is 0 Å². The fourth-order valence-electron chi connectivity index (χ4n) is 3.17. The van der Waals surface area contributed by atoms with Crippen molar-refractivity contribution in [1.29, 1.82) is 0 Å². The van der Waals surface area contributed by atoms with Gasteiger partial charge in [0.05, 0.1) is 23.4 Å². The number of aromatic nitrogens is 3. The van der Waals surface area contributed by atoms with Crippen LogP contribution in [0.15, 0.2) is 52.2 Å². The molecule has 9 heteroatoms. The van der Waals surface area contributed by atoms with Crippen LogP contribution in [0.1, 0.15) is 13.8 Å². The van der Waals surface area contributed by atoms with Crippen LogP contribution in [0.25, 0.3) is 11.6 Å². The van der Waals surface area contributed by atoms with E-state index in [9.17, 15) is 9.59 Å². The van der Waals surface area contributed by atoms with E-state index in [1.165, 1.54) is 16.7 Å². The minimum atomic E-state index is -0.204. The number of benzene rings is 1. The number of nitrogens with zero attached hydrogens (tertiary/aromatic N) is 4. The standard InChI is InChI=1S/C20H21N5O3S/c1-13(2)10-25-19(16-8-5-9-28-16)22-23-20(25)29-12-18(27)24-11-17(26)21-14-6-3-4-7-15(14)24/h3-9,13H,10-12H2,1-2H3,(H,21,26). The second kappa shape index (κ2) is 8.12. The highest BCUT2D eigenvalue weighted by molar-refractivity contribution is 7.99. The van der Waals surface area contributed by atoms with Gasteiger partial charge in [0.2, 0.25) is 11.8 Å². The van der Waals surface area contributed by atoms with E-state index in [-0.39, 0.29) is 24.1 Å². The highest BCUT2D eigenvalue weighted by Crippen LogP contribution is 2.30. The number of carbonyl (C=O) groups is 2. The largest absolute Gasteiger partial charge is 0.461 e. The lowest BCUT2D eigenvalue weighted by Crippen LogP contribution is -2.43. The van der Waals surface area contributed by atoms with Crippen molar-refractivity contribution in [3.05, 3.63) is 42.7 Å². The third-order valence-corrected chi connectivity index (χ3v) is 5.35. The Morgan fingerprint density at radius 1 is 1.24 bits per heavy atom. The highest BCUT2D eigenvalue weighted by Gasteiger charge is 2.27. The van der Waals surface area contributed by atoms with E-state index in [0.717, 1.165) is 0 Å². The molecule has 1 aromatic carbocycles. The number of hydrogen-bond donors (Lipinski definition) is 1. The summed E-state index contributed by atoms with van der Waals surface area (Å²) in [6.07, 6.45) is 1.60. The van der Waals surface area contributed by atoms with Crippen LogP contribution in [-0.4, -0.2) is 38.9 Å². The quantitative estimate of drug-likeness (QED) is 0.626. The molecule has 3 heterocycles. The lowest BCUT2D eigenvalue weighted by molar-refractivity contribution is -0.120. The Morgan fingerprint density at radius 2 is 2.07 bits per heavy atom. The Kier molecular flexibility index (Phi) is 5.39. The molecule has 0 saturated heterocycles. The van der Waals surface area contributed by atoms with Gasteiger partial charge >= 0.3 is 0 Å². The Bertz CT molecular complexity index is 1030. The van der Waals surface area contributed by atoms with Gasteiger partial charge in [-0.3, -0.25) is 14.2 Å². The van der Waals surface area contributed by atoms with Gasteiger partial charge in [-0.1, -0.05) is 37.7 Å². The summed E-state index contributed by atoms with van der Waals surface area (Å²) < 4.78 is 7.45. The van der Waals surface area contributed by atoms with Crippen molar-refractivity contribution >= 4 is 35.0 Å². The van der Waals surface area contributed by atoms with Gasteiger partial charge in [0.1, 0.15) is 6.54 Å². The van der Waals surface area contributed by atoms with Crippen molar-refractivity contribution in [3.8, 4) is 11.6 Å². The zero-order valence-electron chi connectivity index (χ0n) is 16.2. The van der Waals surface area contributed by atoms with E-state index < -0.39 is 0 Å². The van der Waals surface area contributed by atoms with Gasteiger partial charge in [-0.15, -0.1) is 10.2 Å². The Balaban J connectivity index is 1.54. The van der Waals surface area contributed by atoms with Gasteiger partial charge < -0.3 is 14.6 Å². The van der Waals surface area contributed by atoms with E-state index in [1.807, 2.05) is 28.8 Å². The summed E-state index contributed by atoms with van der Waals surface area (Å²) in [7, 11) is 0. The van der Waals surface area contributed by atoms with E-state index in [4.69, 9.17) is 4.42 Å². The predicted octanol–water partition coefficient (Wildman–Crippen LogP) is 3.27. The van der Waals surface area contributed by atoms with E-state index >= 15 is 0 Å². The van der Waals surface area contributed by atoms with Crippen LogP contribution in [-0.2, 0) is 16.1 Å². The molecule has 0 spiro atoms. The monoisotopic (exact) mass is 411 g/mol. The SMILES string of the molecule is CC(C)Cn1c(SCC(=O)N2CC(=O)Nc3ccccc32)nnc1-c1ccco1. The molecule has 1 N–H and O–H groups in total. The predicted molar refractivity (Wildman–Crippen MR) is 111 cm³/mol. The normalized spacial score (nSPS) is 13.5. The maximum Gasteiger partial charge on any atom is 0.244 e. The molecule has 3 aromatic rings. The van der Waals surface area contributed by atoms with Gasteiger partial charge in [0.15, 0.2) is 16.7 Å². The zero-order chi connectivity index (χ0) is 20.4. The zero-order valence-corrected chi connectivity index (χ0v) is 17.0. The molecule has 0 aliphatic carbocycles. The molecule has 150 valence electrons. The molecule has 0 saturated carbocycles. The second-order valence-corrected chi connectivity index (χ2v) is 8.06. The van der Waals surface area contributed by atoms with Crippen molar-refractivity contribution in [2.75, 3.05) is 22.5 Å². The number of furan rings is 1. The van der Waals surface area contributed by atoms with Gasteiger partial charge in [-0.05, 0) is 30.2 Å². The molecule has 4 rings (SSSR count). The van der Waals surface area contributed by atoms with Crippen molar-refractivity contribution in [2.24, 2.45) is 5.92 Å². The van der Waals surface area contributed by atoms with Gasteiger partial charge in [-0.25, -0.2) is 0 Å². The molecule has 0 bridgehead atoms. The number of anilines is 2. The molecule has 1 aliphatic heterocycles. The summed E-state index contributed by atoms with van der Waals surface area (Å²) >= 11 is 1.31. The number of amides is 2. The molecule has 0 atom stereocenters. The summed E-state index contributed by atoms with van der Waals surface area (Å²) in [6, 6.07) is 10.9. The molecular weight excluding hydrogens is 390 g/mol. The maximum absolute atomic E-state index is 12.9. The summed E-state index contributed by atoms with van der Waals surface area (Å²) in [4.78, 5) is 26.4. The summed E-state index contributed by atoms with van der Waals surface area (Å²) in [5, 5.41) is 12.0. The smallest absolute Gasteiger partial charge is 0.244 e. The first-order chi connectivity index (χ1) is 14.0. The Hall–Kier alpha value is -3.07. The number of hydrogen-bond acceptors (Lipinski definition) is 6. The van der Waals surface area contributed by atoms with Crippen LogP contribution in [0.3, 0.4) is 0 Å². The number of carbonyl (C=O) groups excluding carboxylic acids is 2. The molecule has 29 heavy (non-hydrogen) atoms. The van der Waals surface area contributed by atoms with Gasteiger partial charge in [-0.2, -0.15) is 0 Å². The average molecular weight is 411 g/mol. The maximum atomic E-state index is 12.9. The first-order valence-corrected chi connectivity index (χ1v) is 10.3. The van der Waals surface area contributed by atoms with Crippen LogP contribution in [0.4, 0.5) is 11.4 Å². The number of nitrogens with one attached hydrogen (secondary N) is 1. The number of fused-ring (bicyclic) bond motifs is 1. The lowest BCUT2D eigenvalue weighted by Gasteiger charge is -2.29. The van der Waals surface area contributed by atoms with Crippen LogP contribution < -0.4 is 10.2 Å². The number of para-hydroxylation sites is 2. The van der Waals surface area contributed by atoms with E-state index in [2.05, 4.69) is 29.4 Å². The van der Waals surface area contributed by atoms with Crippen molar-refractivity contribution in [2.45, 2.75) is 25.5 Å². The summed E-state index contributed by atoms with van der Waals surface area (Å²) in [6.45, 7) is 4.92. The molecule has 0 radical (unpaired) electrons. The number of rotatable bonds is 6. The van der Waals surface area contributed by atoms with Gasteiger partial charge in [0.25, 0.3) is 0 Å². The number of thioether (sulfide) groups is 1. The van der Waals surface area contributed by atoms with Crippen molar-refractivity contribution in [1.82, 2.24) is 14.8 Å². The fourth-order valence-corrected chi connectivity index (χ4v) is 4.00. The lowest BCUT2D eigenvalue weighted by atomic mass is 10.2. The first kappa shape index (κ1) is 19.3. The van der Waals surface area contributed by atoms with Crippen LogP contribution >= 0.6 is 11.8 Å². The van der Waals surface area contributed by atoms with Crippen molar-refractivity contribution in [3.63, 3.8) is 0 Å².